The van der Waals surface area contributed by atoms with Crippen molar-refractivity contribution in [2.75, 3.05) is 4.90 Å². The van der Waals surface area contributed by atoms with Gasteiger partial charge in [0, 0.05) is 33.5 Å². The maximum atomic E-state index is 2.46. The van der Waals surface area contributed by atoms with Crippen molar-refractivity contribution < 1.29 is 0 Å². The van der Waals surface area contributed by atoms with Crippen LogP contribution in [-0.2, 0) is 0 Å². The van der Waals surface area contributed by atoms with E-state index in [1.54, 1.807) is 0 Å². The molecule has 290 valence electrons. The molecule has 0 N–H and O–H groups in total. The summed E-state index contributed by atoms with van der Waals surface area (Å²) in [6.45, 7) is 0. The minimum absolute atomic E-state index is 1.09. The van der Waals surface area contributed by atoms with E-state index in [1.165, 1.54) is 82.0 Å². The third kappa shape index (κ3) is 6.04. The summed E-state index contributed by atoms with van der Waals surface area (Å²) in [5, 5.41) is 9.91. The standard InChI is InChI=1S/C60H40N2/c1-3-14-41(15-4-1)42-28-30-47(31-29-42)61(48-32-35-53-46(38-48)27-26-45-19-8-9-21-51(45)53)50-34-37-57-56-23-11-12-25-59(56)62(60(57)40-50)49-33-36-55(58(39-49)44-16-5-2-6-17-44)54-24-13-20-43-18-7-10-22-52(43)54/h1-40H. The van der Waals surface area contributed by atoms with Crippen molar-refractivity contribution in [2.45, 2.75) is 0 Å². The fraction of sp³-hybridized carbons (Fsp3) is 0. The Morgan fingerprint density at radius 2 is 0.806 bits per heavy atom. The van der Waals surface area contributed by atoms with Crippen LogP contribution in [0.5, 0.6) is 0 Å². The summed E-state index contributed by atoms with van der Waals surface area (Å²) in [5.74, 6) is 0. The van der Waals surface area contributed by atoms with Gasteiger partial charge in [0.05, 0.1) is 11.0 Å². The number of fused-ring (bicyclic) bond motifs is 7. The lowest BCUT2D eigenvalue weighted by atomic mass is 9.91. The Morgan fingerprint density at radius 1 is 0.258 bits per heavy atom. The number of benzene rings is 11. The van der Waals surface area contributed by atoms with Crippen molar-refractivity contribution in [2.24, 2.45) is 0 Å². The van der Waals surface area contributed by atoms with Crippen LogP contribution >= 0.6 is 0 Å². The molecule has 1 heterocycles. The molecule has 0 aliphatic heterocycles. The van der Waals surface area contributed by atoms with E-state index in [0.29, 0.717) is 0 Å². The van der Waals surface area contributed by atoms with Crippen LogP contribution in [-0.4, -0.2) is 4.57 Å². The molecule has 0 amide bonds. The van der Waals surface area contributed by atoms with Crippen molar-refractivity contribution in [1.82, 2.24) is 4.57 Å². The zero-order valence-corrected chi connectivity index (χ0v) is 34.0. The molecule has 2 nitrogen and oxygen atoms in total. The number of hydrogen-bond acceptors (Lipinski definition) is 1. The van der Waals surface area contributed by atoms with Gasteiger partial charge >= 0.3 is 0 Å². The van der Waals surface area contributed by atoms with Gasteiger partial charge in [0.2, 0.25) is 0 Å². The summed E-state index contributed by atoms with van der Waals surface area (Å²) < 4.78 is 2.46. The van der Waals surface area contributed by atoms with Crippen LogP contribution < -0.4 is 4.90 Å². The van der Waals surface area contributed by atoms with Crippen molar-refractivity contribution in [3.05, 3.63) is 243 Å². The molecule has 62 heavy (non-hydrogen) atoms. The predicted molar refractivity (Wildman–Crippen MR) is 264 cm³/mol. The van der Waals surface area contributed by atoms with Crippen LogP contribution in [0.4, 0.5) is 17.1 Å². The van der Waals surface area contributed by atoms with Gasteiger partial charge in [-0.05, 0) is 120 Å². The highest BCUT2D eigenvalue weighted by Gasteiger charge is 2.20. The summed E-state index contributed by atoms with van der Waals surface area (Å²) in [4.78, 5) is 2.41. The third-order valence-electron chi connectivity index (χ3n) is 12.6. The Kier molecular flexibility index (Phi) is 8.53. The van der Waals surface area contributed by atoms with Gasteiger partial charge in [0.25, 0.3) is 0 Å². The lowest BCUT2D eigenvalue weighted by Gasteiger charge is -2.26. The van der Waals surface area contributed by atoms with Gasteiger partial charge in [-0.25, -0.2) is 0 Å². The fourth-order valence-corrected chi connectivity index (χ4v) is 9.62. The van der Waals surface area contributed by atoms with Crippen LogP contribution in [0, 0.1) is 0 Å². The highest BCUT2D eigenvalue weighted by Crippen LogP contribution is 2.43. The Bertz CT molecular complexity index is 3620. The van der Waals surface area contributed by atoms with Gasteiger partial charge in [0.15, 0.2) is 0 Å². The zero-order chi connectivity index (χ0) is 41.0. The first-order chi connectivity index (χ1) is 30.7. The van der Waals surface area contributed by atoms with E-state index in [4.69, 9.17) is 0 Å². The predicted octanol–water partition coefficient (Wildman–Crippen LogP) is 16.7. The minimum atomic E-state index is 1.09. The molecule has 0 saturated carbocycles. The first-order valence-electron chi connectivity index (χ1n) is 21.3. The molecule has 0 unspecified atom stereocenters. The molecule has 12 aromatic rings. The lowest BCUT2D eigenvalue weighted by molar-refractivity contribution is 1.18. The third-order valence-corrected chi connectivity index (χ3v) is 12.6. The molecule has 0 aliphatic rings. The molecule has 0 spiro atoms. The Balaban J connectivity index is 1.07. The number of rotatable bonds is 7. The summed E-state index contributed by atoms with van der Waals surface area (Å²) in [5.41, 5.74) is 14.0. The molecular formula is C60H40N2. The molecule has 12 rings (SSSR count). The fourth-order valence-electron chi connectivity index (χ4n) is 9.62. The van der Waals surface area contributed by atoms with Gasteiger partial charge < -0.3 is 9.47 Å². The van der Waals surface area contributed by atoms with Gasteiger partial charge in [-0.1, -0.05) is 188 Å². The lowest BCUT2D eigenvalue weighted by Crippen LogP contribution is -2.10. The molecule has 0 aliphatic carbocycles. The number of nitrogens with zero attached hydrogens (tertiary/aromatic N) is 2. The summed E-state index contributed by atoms with van der Waals surface area (Å²) in [6, 6.07) is 88.6. The maximum absolute atomic E-state index is 2.46. The minimum Gasteiger partial charge on any atom is -0.310 e. The number of aromatic nitrogens is 1. The van der Waals surface area contributed by atoms with Gasteiger partial charge in [-0.3, -0.25) is 0 Å². The Hall–Kier alpha value is -8.20. The van der Waals surface area contributed by atoms with Crippen molar-refractivity contribution in [1.29, 1.82) is 0 Å². The normalized spacial score (nSPS) is 11.5. The van der Waals surface area contributed by atoms with Crippen molar-refractivity contribution >= 4 is 71.2 Å². The molecule has 0 atom stereocenters. The second kappa shape index (κ2) is 14.8. The van der Waals surface area contributed by atoms with Gasteiger partial charge in [-0.15, -0.1) is 0 Å². The first kappa shape index (κ1) is 35.7. The molecule has 0 radical (unpaired) electrons. The molecule has 1 aromatic heterocycles. The van der Waals surface area contributed by atoms with E-state index in [2.05, 4.69) is 252 Å². The van der Waals surface area contributed by atoms with Gasteiger partial charge in [-0.2, -0.15) is 0 Å². The smallest absolute Gasteiger partial charge is 0.0561 e. The van der Waals surface area contributed by atoms with E-state index >= 15 is 0 Å². The largest absolute Gasteiger partial charge is 0.310 e. The summed E-state index contributed by atoms with van der Waals surface area (Å²) >= 11 is 0. The summed E-state index contributed by atoms with van der Waals surface area (Å²) in [7, 11) is 0. The zero-order valence-electron chi connectivity index (χ0n) is 34.0. The topological polar surface area (TPSA) is 8.17 Å². The molecule has 11 aromatic carbocycles. The molecular weight excluding hydrogens is 749 g/mol. The number of para-hydroxylation sites is 1. The maximum Gasteiger partial charge on any atom is 0.0561 e. The number of hydrogen-bond donors (Lipinski definition) is 0. The monoisotopic (exact) mass is 788 g/mol. The highest BCUT2D eigenvalue weighted by molar-refractivity contribution is 6.12. The van der Waals surface area contributed by atoms with Crippen LogP contribution in [0.3, 0.4) is 0 Å². The van der Waals surface area contributed by atoms with E-state index in [-0.39, 0.29) is 0 Å². The van der Waals surface area contributed by atoms with Gasteiger partial charge in [0.1, 0.15) is 0 Å². The van der Waals surface area contributed by atoms with Crippen molar-refractivity contribution in [3.63, 3.8) is 0 Å². The van der Waals surface area contributed by atoms with Crippen LogP contribution in [0.2, 0.25) is 0 Å². The highest BCUT2D eigenvalue weighted by atomic mass is 15.1. The molecule has 0 bridgehead atoms. The van der Waals surface area contributed by atoms with Crippen LogP contribution in [0.25, 0.3) is 93.2 Å². The van der Waals surface area contributed by atoms with E-state index in [0.717, 1.165) is 28.3 Å². The Morgan fingerprint density at radius 3 is 1.60 bits per heavy atom. The summed E-state index contributed by atoms with van der Waals surface area (Å²) in [6.07, 6.45) is 0. The average molecular weight is 789 g/mol. The van der Waals surface area contributed by atoms with Crippen LogP contribution in [0.15, 0.2) is 243 Å². The molecule has 0 saturated heterocycles. The molecule has 0 fully saturated rings. The average Bonchev–Trinajstić information content (AvgIpc) is 3.68. The second-order valence-electron chi connectivity index (χ2n) is 16.1. The SMILES string of the molecule is c1ccc(-c2ccc(N(c3ccc4c(ccc5ccccc54)c3)c3ccc4c5ccccc5n(-c5ccc(-c6cccc7ccccc67)c(-c6ccccc6)c5)c4c3)cc2)cc1. The molecule has 2 heteroatoms. The quantitative estimate of drug-likeness (QED) is 0.146. The van der Waals surface area contributed by atoms with Crippen LogP contribution in [0.1, 0.15) is 0 Å². The second-order valence-corrected chi connectivity index (χ2v) is 16.1. The van der Waals surface area contributed by atoms with E-state index in [9.17, 15) is 0 Å². The van der Waals surface area contributed by atoms with E-state index in [1.807, 2.05) is 0 Å². The Labute approximate surface area is 360 Å². The van der Waals surface area contributed by atoms with Crippen molar-refractivity contribution in [3.8, 4) is 39.1 Å². The number of anilines is 3. The first-order valence-corrected chi connectivity index (χ1v) is 21.3. The van der Waals surface area contributed by atoms with E-state index < -0.39 is 0 Å².